The smallest absolute Gasteiger partial charge is 0.360 e. The molecule has 0 aromatic carbocycles. The number of carbonyl (C=O) groups excluding carboxylic acids is 1. The first-order chi connectivity index (χ1) is 9.88. The highest BCUT2D eigenvalue weighted by Gasteiger charge is 2.59. The number of ether oxygens (including phenoxy) is 1. The number of carbonyl (C=O) groups is 1. The molecule has 2 aliphatic carbocycles. The van der Waals surface area contributed by atoms with Crippen LogP contribution in [0, 0.1) is 16.7 Å². The summed E-state index contributed by atoms with van der Waals surface area (Å²) in [6.45, 7) is 9.28. The first-order valence-electron chi connectivity index (χ1n) is 7.75. The number of aromatic nitrogens is 1. The van der Waals surface area contributed by atoms with Crippen LogP contribution < -0.4 is 5.32 Å². The summed E-state index contributed by atoms with van der Waals surface area (Å²) in [5.74, 6) is 0.450. The van der Waals surface area contributed by atoms with Gasteiger partial charge in [-0.2, -0.15) is 0 Å². The summed E-state index contributed by atoms with van der Waals surface area (Å²) < 4.78 is 5.10. The van der Waals surface area contributed by atoms with Crippen molar-refractivity contribution in [2.75, 3.05) is 11.9 Å². The van der Waals surface area contributed by atoms with Gasteiger partial charge in [0, 0.05) is 6.04 Å². The Hall–Kier alpha value is -1.10. The Bertz CT molecular complexity index is 549. The topological polar surface area (TPSA) is 51.2 Å². The van der Waals surface area contributed by atoms with Crippen LogP contribution in [0.25, 0.3) is 0 Å². The van der Waals surface area contributed by atoms with Crippen molar-refractivity contribution in [2.45, 2.75) is 53.0 Å². The number of anilines is 1. The van der Waals surface area contributed by atoms with Crippen molar-refractivity contribution in [1.82, 2.24) is 4.98 Å². The summed E-state index contributed by atoms with van der Waals surface area (Å²) in [5, 5.41) is 4.51. The van der Waals surface area contributed by atoms with Crippen molar-refractivity contribution in [3.05, 3.63) is 11.2 Å². The summed E-state index contributed by atoms with van der Waals surface area (Å²) in [6, 6.07) is 0.386. The number of nitrogens with zero attached hydrogens (tertiary/aromatic N) is 1. The number of hydrogen-bond acceptors (Lipinski definition) is 5. The molecule has 116 valence electrons. The van der Waals surface area contributed by atoms with Crippen LogP contribution in [-0.4, -0.2) is 23.6 Å². The Kier molecular flexibility index (Phi) is 3.51. The van der Waals surface area contributed by atoms with E-state index in [9.17, 15) is 4.79 Å². The Morgan fingerprint density at radius 2 is 2.29 bits per heavy atom. The molecule has 1 heterocycles. The SMILES string of the molecule is CCOC(=O)c1ncsc1NC1C2(C)CCC(C2)C1(C)C. The van der Waals surface area contributed by atoms with Gasteiger partial charge >= 0.3 is 5.97 Å². The zero-order valence-corrected chi connectivity index (χ0v) is 14.0. The van der Waals surface area contributed by atoms with Gasteiger partial charge in [0.05, 0.1) is 12.1 Å². The normalized spacial score (nSPS) is 33.1. The molecule has 4 nitrogen and oxygen atoms in total. The van der Waals surface area contributed by atoms with Crippen molar-refractivity contribution >= 4 is 22.3 Å². The van der Waals surface area contributed by atoms with Crippen LogP contribution in [0.1, 0.15) is 57.4 Å². The molecule has 1 N–H and O–H groups in total. The minimum absolute atomic E-state index is 0.253. The highest BCUT2D eigenvalue weighted by molar-refractivity contribution is 7.14. The lowest BCUT2D eigenvalue weighted by Gasteiger charge is -2.43. The van der Waals surface area contributed by atoms with Gasteiger partial charge in [0.1, 0.15) is 5.00 Å². The molecule has 2 aliphatic rings. The fraction of sp³-hybridized carbons (Fsp3) is 0.750. The standard InChI is InChI=1S/C16H24N2O2S/c1-5-20-13(19)11-12(21-9-17-11)18-14-15(2,3)10-6-7-16(14,4)8-10/h9-10,14,18H,5-8H2,1-4H3. The fourth-order valence-electron chi connectivity index (χ4n) is 4.49. The molecule has 0 amide bonds. The molecule has 3 rings (SSSR count). The molecule has 0 radical (unpaired) electrons. The lowest BCUT2D eigenvalue weighted by atomic mass is 9.68. The van der Waals surface area contributed by atoms with E-state index in [4.69, 9.17) is 4.74 Å². The maximum Gasteiger partial charge on any atom is 0.360 e. The molecule has 2 bridgehead atoms. The molecular weight excluding hydrogens is 284 g/mol. The molecule has 5 heteroatoms. The second-order valence-electron chi connectivity index (χ2n) is 7.24. The van der Waals surface area contributed by atoms with Crippen LogP contribution >= 0.6 is 11.3 Å². The van der Waals surface area contributed by atoms with E-state index in [1.807, 2.05) is 6.92 Å². The fourth-order valence-corrected chi connectivity index (χ4v) is 5.18. The monoisotopic (exact) mass is 308 g/mol. The van der Waals surface area contributed by atoms with E-state index < -0.39 is 0 Å². The van der Waals surface area contributed by atoms with Crippen LogP contribution in [0.2, 0.25) is 0 Å². The van der Waals surface area contributed by atoms with Crippen LogP contribution in [0.4, 0.5) is 5.00 Å². The maximum absolute atomic E-state index is 12.0. The number of rotatable bonds is 4. The molecule has 2 saturated carbocycles. The highest BCUT2D eigenvalue weighted by Crippen LogP contribution is 2.63. The third-order valence-corrected chi connectivity index (χ3v) is 6.34. The molecule has 3 unspecified atom stereocenters. The maximum atomic E-state index is 12.0. The van der Waals surface area contributed by atoms with E-state index in [1.54, 1.807) is 5.51 Å². The van der Waals surface area contributed by atoms with Crippen molar-refractivity contribution in [3.63, 3.8) is 0 Å². The average Bonchev–Trinajstić information content (AvgIpc) is 3.06. The van der Waals surface area contributed by atoms with Crippen LogP contribution in [0.5, 0.6) is 0 Å². The van der Waals surface area contributed by atoms with Gasteiger partial charge in [0.2, 0.25) is 0 Å². The highest BCUT2D eigenvalue weighted by atomic mass is 32.1. The first-order valence-corrected chi connectivity index (χ1v) is 8.63. The van der Waals surface area contributed by atoms with Crippen molar-refractivity contribution in [2.24, 2.45) is 16.7 Å². The van der Waals surface area contributed by atoms with Gasteiger partial charge in [0.15, 0.2) is 5.69 Å². The molecule has 1 aromatic heterocycles. The number of hydrogen-bond donors (Lipinski definition) is 1. The molecule has 0 saturated heterocycles. The number of esters is 1. The molecule has 0 aliphatic heterocycles. The zero-order valence-electron chi connectivity index (χ0n) is 13.2. The van der Waals surface area contributed by atoms with Gasteiger partial charge in [0.25, 0.3) is 0 Å². The predicted octanol–water partition coefficient (Wildman–Crippen LogP) is 3.95. The summed E-state index contributed by atoms with van der Waals surface area (Å²) in [7, 11) is 0. The second kappa shape index (κ2) is 4.97. The number of fused-ring (bicyclic) bond motifs is 2. The zero-order chi connectivity index (χ0) is 15.3. The molecule has 3 atom stereocenters. The molecule has 21 heavy (non-hydrogen) atoms. The van der Waals surface area contributed by atoms with Gasteiger partial charge in [-0.25, -0.2) is 9.78 Å². The summed E-state index contributed by atoms with van der Waals surface area (Å²) in [4.78, 5) is 16.2. The Morgan fingerprint density at radius 3 is 2.90 bits per heavy atom. The summed E-state index contributed by atoms with van der Waals surface area (Å²) in [6.07, 6.45) is 3.88. The minimum Gasteiger partial charge on any atom is -0.461 e. The Balaban J connectivity index is 1.84. The Morgan fingerprint density at radius 1 is 1.52 bits per heavy atom. The van der Waals surface area contributed by atoms with Gasteiger partial charge in [-0.1, -0.05) is 20.8 Å². The minimum atomic E-state index is -0.327. The van der Waals surface area contributed by atoms with Crippen molar-refractivity contribution in [3.8, 4) is 0 Å². The summed E-state index contributed by atoms with van der Waals surface area (Å²) >= 11 is 1.49. The third kappa shape index (κ3) is 2.26. The van der Waals surface area contributed by atoms with Crippen molar-refractivity contribution in [1.29, 1.82) is 0 Å². The van der Waals surface area contributed by atoms with Crippen molar-refractivity contribution < 1.29 is 9.53 Å². The first kappa shape index (κ1) is 14.8. The van der Waals surface area contributed by atoms with E-state index in [1.165, 1.54) is 30.6 Å². The lowest BCUT2D eigenvalue weighted by Crippen LogP contribution is -2.45. The van der Waals surface area contributed by atoms with Gasteiger partial charge in [-0.05, 0) is 42.9 Å². The largest absolute Gasteiger partial charge is 0.461 e. The molecule has 0 spiro atoms. The number of nitrogens with one attached hydrogen (secondary N) is 1. The quantitative estimate of drug-likeness (QED) is 0.856. The van der Waals surface area contributed by atoms with E-state index in [0.717, 1.165) is 10.9 Å². The van der Waals surface area contributed by atoms with Gasteiger partial charge in [-0.15, -0.1) is 11.3 Å². The van der Waals surface area contributed by atoms with Gasteiger partial charge in [-0.3, -0.25) is 0 Å². The lowest BCUT2D eigenvalue weighted by molar-refractivity contribution is 0.0521. The van der Waals surface area contributed by atoms with Crippen LogP contribution in [0.3, 0.4) is 0 Å². The van der Waals surface area contributed by atoms with E-state index >= 15 is 0 Å². The Labute approximate surface area is 130 Å². The average molecular weight is 308 g/mol. The molecule has 2 fully saturated rings. The second-order valence-corrected chi connectivity index (χ2v) is 8.10. The number of thiazole rings is 1. The predicted molar refractivity (Wildman–Crippen MR) is 84.7 cm³/mol. The summed E-state index contributed by atoms with van der Waals surface area (Å²) in [5.41, 5.74) is 2.73. The molecular formula is C16H24N2O2S. The van der Waals surface area contributed by atoms with Gasteiger partial charge < -0.3 is 10.1 Å². The van der Waals surface area contributed by atoms with E-state index in [-0.39, 0.29) is 11.4 Å². The third-order valence-electron chi connectivity index (χ3n) is 5.58. The molecule has 1 aromatic rings. The van der Waals surface area contributed by atoms with E-state index in [0.29, 0.717) is 23.8 Å². The van der Waals surface area contributed by atoms with Crippen LogP contribution in [-0.2, 0) is 4.74 Å². The van der Waals surface area contributed by atoms with E-state index in [2.05, 4.69) is 31.1 Å². The van der Waals surface area contributed by atoms with Crippen LogP contribution in [0.15, 0.2) is 5.51 Å².